The SMILES string of the molecule is CCCCNS(=O)(=O)N(CCCC)c1cc2ccccc2s1. The van der Waals surface area contributed by atoms with Gasteiger partial charge in [0.25, 0.3) is 0 Å². The van der Waals surface area contributed by atoms with Crippen LogP contribution in [0.5, 0.6) is 0 Å². The zero-order valence-electron chi connectivity index (χ0n) is 13.2. The summed E-state index contributed by atoms with van der Waals surface area (Å²) in [6, 6.07) is 9.97. The van der Waals surface area contributed by atoms with E-state index in [0.717, 1.165) is 40.8 Å². The van der Waals surface area contributed by atoms with Gasteiger partial charge < -0.3 is 0 Å². The summed E-state index contributed by atoms with van der Waals surface area (Å²) in [7, 11) is -3.47. The molecule has 1 heterocycles. The van der Waals surface area contributed by atoms with Gasteiger partial charge in [-0.25, -0.2) is 4.31 Å². The predicted molar refractivity (Wildman–Crippen MR) is 95.9 cm³/mol. The molecule has 0 aliphatic rings. The zero-order valence-corrected chi connectivity index (χ0v) is 14.8. The summed E-state index contributed by atoms with van der Waals surface area (Å²) in [5, 5.41) is 1.88. The lowest BCUT2D eigenvalue weighted by Crippen LogP contribution is -2.41. The summed E-state index contributed by atoms with van der Waals surface area (Å²) < 4.78 is 30.6. The maximum absolute atomic E-state index is 12.6. The number of hydrogen-bond donors (Lipinski definition) is 1. The van der Waals surface area contributed by atoms with Crippen molar-refractivity contribution in [2.24, 2.45) is 0 Å². The Bertz CT molecular complexity index is 662. The van der Waals surface area contributed by atoms with Crippen molar-refractivity contribution < 1.29 is 8.42 Å². The van der Waals surface area contributed by atoms with E-state index in [-0.39, 0.29) is 0 Å². The maximum Gasteiger partial charge on any atom is 0.302 e. The van der Waals surface area contributed by atoms with Gasteiger partial charge in [0.1, 0.15) is 5.00 Å². The lowest BCUT2D eigenvalue weighted by atomic mass is 10.3. The molecule has 22 heavy (non-hydrogen) atoms. The molecule has 0 aliphatic carbocycles. The monoisotopic (exact) mass is 340 g/mol. The third kappa shape index (κ3) is 4.21. The van der Waals surface area contributed by atoms with Crippen molar-refractivity contribution in [3.05, 3.63) is 30.3 Å². The second-order valence-electron chi connectivity index (χ2n) is 5.30. The minimum atomic E-state index is -3.47. The molecule has 0 aliphatic heterocycles. The van der Waals surface area contributed by atoms with Gasteiger partial charge in [-0.15, -0.1) is 11.3 Å². The van der Waals surface area contributed by atoms with Crippen LogP contribution in [-0.2, 0) is 10.2 Å². The molecule has 2 rings (SSSR count). The molecule has 1 N–H and O–H groups in total. The highest BCUT2D eigenvalue weighted by Crippen LogP contribution is 2.33. The third-order valence-corrected chi connectivity index (χ3v) is 6.26. The fourth-order valence-electron chi connectivity index (χ4n) is 2.20. The van der Waals surface area contributed by atoms with Crippen LogP contribution in [0.3, 0.4) is 0 Å². The Morgan fingerprint density at radius 1 is 1.14 bits per heavy atom. The quantitative estimate of drug-likeness (QED) is 0.697. The molecular weight excluding hydrogens is 316 g/mol. The van der Waals surface area contributed by atoms with E-state index in [0.29, 0.717) is 13.1 Å². The summed E-state index contributed by atoms with van der Waals surface area (Å²) in [5.74, 6) is 0. The minimum Gasteiger partial charge on any atom is -0.249 e. The number of benzene rings is 1. The molecule has 0 saturated heterocycles. The standard InChI is InChI=1S/C16H24N2O2S2/c1-3-5-11-17-22(19,20)18(12-6-4-2)16-13-14-9-7-8-10-15(14)21-16/h7-10,13,17H,3-6,11-12H2,1-2H3. The summed E-state index contributed by atoms with van der Waals surface area (Å²) in [6.07, 6.45) is 3.64. The molecule has 122 valence electrons. The molecule has 1 aromatic carbocycles. The molecule has 0 fully saturated rings. The molecule has 2 aromatic rings. The average Bonchev–Trinajstić information content (AvgIpc) is 2.91. The van der Waals surface area contributed by atoms with Crippen LogP contribution < -0.4 is 9.03 Å². The predicted octanol–water partition coefficient (Wildman–Crippen LogP) is 4.14. The highest BCUT2D eigenvalue weighted by Gasteiger charge is 2.23. The van der Waals surface area contributed by atoms with Crippen LogP contribution in [0.25, 0.3) is 10.1 Å². The van der Waals surface area contributed by atoms with Crippen LogP contribution in [0.1, 0.15) is 39.5 Å². The molecule has 4 nitrogen and oxygen atoms in total. The Kier molecular flexibility index (Phi) is 6.23. The van der Waals surface area contributed by atoms with Crippen LogP contribution in [0.2, 0.25) is 0 Å². The van der Waals surface area contributed by atoms with E-state index >= 15 is 0 Å². The Hall–Kier alpha value is -1.11. The van der Waals surface area contributed by atoms with E-state index < -0.39 is 10.2 Å². The van der Waals surface area contributed by atoms with Gasteiger partial charge in [-0.1, -0.05) is 44.9 Å². The first-order valence-electron chi connectivity index (χ1n) is 7.84. The molecular formula is C16H24N2O2S2. The normalized spacial score (nSPS) is 11.9. The fraction of sp³-hybridized carbons (Fsp3) is 0.500. The number of nitrogens with zero attached hydrogens (tertiary/aromatic N) is 1. The van der Waals surface area contributed by atoms with Crippen LogP contribution in [0.4, 0.5) is 5.00 Å². The highest BCUT2D eigenvalue weighted by molar-refractivity contribution is 7.91. The zero-order chi connectivity index (χ0) is 16.0. The highest BCUT2D eigenvalue weighted by atomic mass is 32.2. The lowest BCUT2D eigenvalue weighted by Gasteiger charge is -2.22. The average molecular weight is 341 g/mol. The number of thiophene rings is 1. The molecule has 0 unspecified atom stereocenters. The van der Waals surface area contributed by atoms with Crippen molar-refractivity contribution in [2.75, 3.05) is 17.4 Å². The molecule has 0 spiro atoms. The van der Waals surface area contributed by atoms with Crippen molar-refractivity contribution in [2.45, 2.75) is 39.5 Å². The van der Waals surface area contributed by atoms with Crippen molar-refractivity contribution in [3.63, 3.8) is 0 Å². The second kappa shape index (κ2) is 7.94. The third-order valence-electron chi connectivity index (χ3n) is 3.48. The number of hydrogen-bond acceptors (Lipinski definition) is 3. The first kappa shape index (κ1) is 17.2. The van der Waals surface area contributed by atoms with E-state index in [1.807, 2.05) is 30.3 Å². The number of anilines is 1. The number of nitrogens with one attached hydrogen (secondary N) is 1. The van der Waals surface area contributed by atoms with E-state index in [4.69, 9.17) is 0 Å². The first-order chi connectivity index (χ1) is 10.6. The first-order valence-corrected chi connectivity index (χ1v) is 10.1. The van der Waals surface area contributed by atoms with E-state index in [1.54, 1.807) is 0 Å². The summed E-state index contributed by atoms with van der Waals surface area (Å²) in [6.45, 7) is 5.13. The van der Waals surface area contributed by atoms with Crippen molar-refractivity contribution >= 4 is 36.6 Å². The Morgan fingerprint density at radius 3 is 2.55 bits per heavy atom. The molecule has 0 atom stereocenters. The number of fused-ring (bicyclic) bond motifs is 1. The molecule has 0 radical (unpaired) electrons. The van der Waals surface area contributed by atoms with Crippen LogP contribution >= 0.6 is 11.3 Å². The maximum atomic E-state index is 12.6. The summed E-state index contributed by atoms with van der Waals surface area (Å²) in [5.41, 5.74) is 0. The Balaban J connectivity index is 2.28. The number of unbranched alkanes of at least 4 members (excludes halogenated alkanes) is 2. The Labute approximate surface area is 137 Å². The van der Waals surface area contributed by atoms with Gasteiger partial charge in [0.05, 0.1) is 0 Å². The van der Waals surface area contributed by atoms with Gasteiger partial charge in [0.2, 0.25) is 0 Å². The van der Waals surface area contributed by atoms with Crippen molar-refractivity contribution in [3.8, 4) is 0 Å². The lowest BCUT2D eigenvalue weighted by molar-refractivity contribution is 0.571. The van der Waals surface area contributed by atoms with Crippen LogP contribution in [0.15, 0.2) is 30.3 Å². The van der Waals surface area contributed by atoms with Gasteiger partial charge in [-0.3, -0.25) is 0 Å². The molecule has 1 aromatic heterocycles. The molecule has 0 amide bonds. The van der Waals surface area contributed by atoms with E-state index in [1.165, 1.54) is 15.6 Å². The van der Waals surface area contributed by atoms with Crippen LogP contribution in [0, 0.1) is 0 Å². The summed E-state index contributed by atoms with van der Waals surface area (Å²) >= 11 is 1.53. The van der Waals surface area contributed by atoms with Gasteiger partial charge in [0, 0.05) is 17.8 Å². The minimum absolute atomic E-state index is 0.492. The number of rotatable bonds is 9. The molecule has 6 heteroatoms. The molecule has 0 bridgehead atoms. The van der Waals surface area contributed by atoms with Crippen molar-refractivity contribution in [1.82, 2.24) is 4.72 Å². The largest absolute Gasteiger partial charge is 0.302 e. The van der Waals surface area contributed by atoms with E-state index in [9.17, 15) is 8.42 Å². The van der Waals surface area contributed by atoms with Gasteiger partial charge in [0.15, 0.2) is 0 Å². The Morgan fingerprint density at radius 2 is 1.86 bits per heavy atom. The fourth-order valence-corrected chi connectivity index (χ4v) is 4.82. The van der Waals surface area contributed by atoms with Gasteiger partial charge >= 0.3 is 10.2 Å². The van der Waals surface area contributed by atoms with E-state index in [2.05, 4.69) is 18.6 Å². The molecule has 0 saturated carbocycles. The van der Waals surface area contributed by atoms with Crippen molar-refractivity contribution in [1.29, 1.82) is 0 Å². The topological polar surface area (TPSA) is 49.4 Å². The van der Waals surface area contributed by atoms with Crippen LogP contribution in [-0.4, -0.2) is 21.5 Å². The van der Waals surface area contributed by atoms with Gasteiger partial charge in [-0.2, -0.15) is 13.1 Å². The van der Waals surface area contributed by atoms with Gasteiger partial charge in [-0.05, 0) is 30.4 Å². The smallest absolute Gasteiger partial charge is 0.249 e. The summed E-state index contributed by atoms with van der Waals surface area (Å²) in [4.78, 5) is 0. The second-order valence-corrected chi connectivity index (χ2v) is 8.04.